The van der Waals surface area contributed by atoms with Crippen molar-refractivity contribution in [1.82, 2.24) is 10.3 Å². The van der Waals surface area contributed by atoms with Crippen LogP contribution in [0.3, 0.4) is 0 Å². The number of amides is 1. The largest absolute Gasteiger partial charge is 0.481 e. The van der Waals surface area contributed by atoms with Gasteiger partial charge in [0, 0.05) is 34.8 Å². The summed E-state index contributed by atoms with van der Waals surface area (Å²) in [6.07, 6.45) is 1.72. The lowest BCUT2D eigenvalue weighted by Gasteiger charge is -2.04. The Morgan fingerprint density at radius 2 is 2.07 bits per heavy atom. The van der Waals surface area contributed by atoms with Gasteiger partial charge in [-0.1, -0.05) is 24.0 Å². The van der Waals surface area contributed by atoms with Crippen molar-refractivity contribution in [3.05, 3.63) is 76.0 Å². The predicted octanol–water partition coefficient (Wildman–Crippen LogP) is 3.26. The Morgan fingerprint density at radius 3 is 2.89 bits per heavy atom. The zero-order chi connectivity index (χ0) is 19.9. The van der Waals surface area contributed by atoms with Crippen LogP contribution in [0.25, 0.3) is 10.9 Å². The molecular formula is C21H17N3O4. The Bertz CT molecular complexity index is 1100. The molecule has 7 heteroatoms. The van der Waals surface area contributed by atoms with E-state index in [-0.39, 0.29) is 24.4 Å². The Balaban J connectivity index is 1.50. The van der Waals surface area contributed by atoms with Crippen molar-refractivity contribution < 1.29 is 14.5 Å². The number of aryl methyl sites for hydroxylation is 1. The van der Waals surface area contributed by atoms with Gasteiger partial charge >= 0.3 is 0 Å². The Morgan fingerprint density at radius 1 is 1.21 bits per heavy atom. The molecule has 7 nitrogen and oxygen atoms in total. The van der Waals surface area contributed by atoms with E-state index in [4.69, 9.17) is 4.74 Å². The van der Waals surface area contributed by atoms with E-state index in [1.165, 1.54) is 6.07 Å². The fourth-order valence-electron chi connectivity index (χ4n) is 2.54. The molecule has 140 valence electrons. The van der Waals surface area contributed by atoms with E-state index in [1.807, 2.05) is 30.3 Å². The quantitative estimate of drug-likeness (QED) is 0.420. The lowest BCUT2D eigenvalue weighted by molar-refractivity contribution is -0.385. The highest BCUT2D eigenvalue weighted by atomic mass is 16.6. The molecule has 1 amide bonds. The number of nitro groups is 1. The second-order valence-electron chi connectivity index (χ2n) is 5.94. The number of fused-ring (bicyclic) bond motifs is 1. The lowest BCUT2D eigenvalue weighted by atomic mass is 10.1. The number of pyridine rings is 1. The number of nitro benzene ring substituents is 1. The highest BCUT2D eigenvalue weighted by Gasteiger charge is 2.14. The molecule has 0 saturated heterocycles. The van der Waals surface area contributed by atoms with Crippen LogP contribution < -0.4 is 10.1 Å². The highest BCUT2D eigenvalue weighted by molar-refractivity contribution is 5.95. The fourth-order valence-corrected chi connectivity index (χ4v) is 2.54. The van der Waals surface area contributed by atoms with Crippen molar-refractivity contribution in [1.29, 1.82) is 0 Å². The SMILES string of the molecule is Cc1ccc(C(=O)NCC#CCOc2ccc3cccnc3c2)cc1[N+](=O)[O-]. The summed E-state index contributed by atoms with van der Waals surface area (Å²) in [7, 11) is 0. The molecule has 1 aromatic heterocycles. The van der Waals surface area contributed by atoms with Gasteiger partial charge in [0.15, 0.2) is 0 Å². The third-order valence-electron chi connectivity index (χ3n) is 4.02. The van der Waals surface area contributed by atoms with Crippen molar-refractivity contribution in [3.63, 3.8) is 0 Å². The molecule has 2 aromatic carbocycles. The van der Waals surface area contributed by atoms with Gasteiger partial charge in [0.25, 0.3) is 11.6 Å². The summed E-state index contributed by atoms with van der Waals surface area (Å²) < 4.78 is 5.56. The maximum absolute atomic E-state index is 12.1. The van der Waals surface area contributed by atoms with Crippen LogP contribution >= 0.6 is 0 Å². The molecule has 0 radical (unpaired) electrons. The van der Waals surface area contributed by atoms with Gasteiger partial charge in [-0.25, -0.2) is 0 Å². The van der Waals surface area contributed by atoms with Crippen LogP contribution in [0.2, 0.25) is 0 Å². The Hall–Kier alpha value is -3.92. The summed E-state index contributed by atoms with van der Waals surface area (Å²) in [6.45, 7) is 1.91. The topological polar surface area (TPSA) is 94.4 Å². The summed E-state index contributed by atoms with van der Waals surface area (Å²) in [5.41, 5.74) is 1.48. The van der Waals surface area contributed by atoms with Gasteiger partial charge in [0.05, 0.1) is 17.0 Å². The number of carbonyl (C=O) groups excluding carboxylic acids is 1. The standard InChI is InChI=1S/C21H17N3O4/c1-15-6-7-17(13-20(15)24(26)27)21(25)23-10-2-3-12-28-18-9-8-16-5-4-11-22-19(16)14-18/h4-9,11,13-14H,10,12H2,1H3,(H,23,25). The monoisotopic (exact) mass is 375 g/mol. The number of nitrogens with one attached hydrogen (secondary N) is 1. The van der Waals surface area contributed by atoms with E-state index in [2.05, 4.69) is 22.1 Å². The van der Waals surface area contributed by atoms with Crippen LogP contribution in [0.1, 0.15) is 15.9 Å². The molecule has 3 rings (SSSR count). The molecule has 1 heterocycles. The predicted molar refractivity (Wildman–Crippen MR) is 105 cm³/mol. The van der Waals surface area contributed by atoms with Crippen LogP contribution in [0.5, 0.6) is 5.75 Å². The number of ether oxygens (including phenoxy) is 1. The lowest BCUT2D eigenvalue weighted by Crippen LogP contribution is -2.23. The van der Waals surface area contributed by atoms with Crippen LogP contribution in [0, 0.1) is 28.9 Å². The first-order valence-electron chi connectivity index (χ1n) is 8.51. The highest BCUT2D eigenvalue weighted by Crippen LogP contribution is 2.19. The molecule has 0 unspecified atom stereocenters. The van der Waals surface area contributed by atoms with Gasteiger partial charge in [-0.2, -0.15) is 0 Å². The van der Waals surface area contributed by atoms with E-state index in [9.17, 15) is 14.9 Å². The smallest absolute Gasteiger partial charge is 0.273 e. The molecule has 0 saturated carbocycles. The zero-order valence-corrected chi connectivity index (χ0v) is 15.1. The van der Waals surface area contributed by atoms with Gasteiger partial charge < -0.3 is 10.1 Å². The van der Waals surface area contributed by atoms with Gasteiger partial charge in [-0.15, -0.1) is 0 Å². The first kappa shape index (κ1) is 18.9. The molecule has 0 atom stereocenters. The third-order valence-corrected chi connectivity index (χ3v) is 4.02. The zero-order valence-electron chi connectivity index (χ0n) is 15.1. The average Bonchev–Trinajstić information content (AvgIpc) is 2.70. The third kappa shape index (κ3) is 4.62. The molecule has 0 aliphatic carbocycles. The average molecular weight is 375 g/mol. The molecule has 0 bridgehead atoms. The molecule has 0 spiro atoms. The fraction of sp³-hybridized carbons (Fsp3) is 0.143. The number of hydrogen-bond acceptors (Lipinski definition) is 5. The first-order valence-corrected chi connectivity index (χ1v) is 8.51. The molecule has 0 aliphatic rings. The minimum atomic E-state index is -0.508. The second-order valence-corrected chi connectivity index (χ2v) is 5.94. The van der Waals surface area contributed by atoms with Gasteiger partial charge in [-0.05, 0) is 31.2 Å². The maximum atomic E-state index is 12.1. The van der Waals surface area contributed by atoms with Crippen molar-refractivity contribution in [2.75, 3.05) is 13.2 Å². The van der Waals surface area contributed by atoms with E-state index >= 15 is 0 Å². The van der Waals surface area contributed by atoms with Crippen molar-refractivity contribution in [2.24, 2.45) is 0 Å². The first-order chi connectivity index (χ1) is 13.5. The van der Waals surface area contributed by atoms with Crippen LogP contribution in [-0.2, 0) is 0 Å². The van der Waals surface area contributed by atoms with E-state index < -0.39 is 10.8 Å². The molecule has 3 aromatic rings. The maximum Gasteiger partial charge on any atom is 0.273 e. The summed E-state index contributed by atoms with van der Waals surface area (Å²) in [5, 5.41) is 14.6. The number of hydrogen-bond donors (Lipinski definition) is 1. The number of rotatable bonds is 5. The Kier molecular flexibility index (Phi) is 5.82. The normalized spacial score (nSPS) is 10.0. The molecule has 28 heavy (non-hydrogen) atoms. The number of benzene rings is 2. The van der Waals surface area contributed by atoms with Crippen molar-refractivity contribution >= 4 is 22.5 Å². The van der Waals surface area contributed by atoms with Crippen molar-refractivity contribution in [3.8, 4) is 17.6 Å². The van der Waals surface area contributed by atoms with Gasteiger partial charge in [0.1, 0.15) is 12.4 Å². The molecule has 0 fully saturated rings. The van der Waals surface area contributed by atoms with Gasteiger partial charge in [-0.3, -0.25) is 19.9 Å². The molecular weight excluding hydrogens is 358 g/mol. The summed E-state index contributed by atoms with van der Waals surface area (Å²) in [5.74, 6) is 5.84. The van der Waals surface area contributed by atoms with Crippen molar-refractivity contribution in [2.45, 2.75) is 6.92 Å². The minimum absolute atomic E-state index is 0.0861. The van der Waals surface area contributed by atoms with E-state index in [1.54, 1.807) is 25.3 Å². The molecule has 1 N–H and O–H groups in total. The number of aromatic nitrogens is 1. The van der Waals surface area contributed by atoms with Crippen LogP contribution in [-0.4, -0.2) is 29.0 Å². The van der Waals surface area contributed by atoms with E-state index in [0.717, 1.165) is 10.9 Å². The summed E-state index contributed by atoms with van der Waals surface area (Å²) in [6, 6.07) is 13.8. The van der Waals surface area contributed by atoms with E-state index in [0.29, 0.717) is 11.3 Å². The second kappa shape index (κ2) is 8.64. The Labute approximate surface area is 161 Å². The molecule has 0 aliphatic heterocycles. The van der Waals surface area contributed by atoms with Crippen LogP contribution in [0.4, 0.5) is 5.69 Å². The summed E-state index contributed by atoms with van der Waals surface area (Å²) in [4.78, 5) is 26.8. The summed E-state index contributed by atoms with van der Waals surface area (Å²) >= 11 is 0. The minimum Gasteiger partial charge on any atom is -0.481 e. The van der Waals surface area contributed by atoms with Crippen LogP contribution in [0.15, 0.2) is 54.7 Å². The number of nitrogens with zero attached hydrogens (tertiary/aromatic N) is 2. The number of carbonyl (C=O) groups is 1. The van der Waals surface area contributed by atoms with Gasteiger partial charge in [0.2, 0.25) is 0 Å².